The molecule has 1 heterocycles. The third-order valence-corrected chi connectivity index (χ3v) is 4.88. The van der Waals surface area contributed by atoms with Crippen LogP contribution in [0.3, 0.4) is 0 Å². The van der Waals surface area contributed by atoms with Crippen molar-refractivity contribution in [2.45, 2.75) is 64.1 Å². The lowest BCUT2D eigenvalue weighted by atomic mass is 9.87. The Morgan fingerprint density at radius 2 is 1.95 bits per heavy atom. The molecule has 3 rings (SSSR count). The van der Waals surface area contributed by atoms with Gasteiger partial charge in [-0.2, -0.15) is 0 Å². The minimum absolute atomic E-state index is 0.672. The number of nitrogens with one attached hydrogen (secondary N) is 1. The Kier molecular flexibility index (Phi) is 4.25. The maximum absolute atomic E-state index is 4.57. The fourth-order valence-corrected chi connectivity index (χ4v) is 3.13. The van der Waals surface area contributed by atoms with Gasteiger partial charge in [-0.1, -0.05) is 6.92 Å². The molecule has 0 radical (unpaired) electrons. The Balaban J connectivity index is 1.61. The van der Waals surface area contributed by atoms with Crippen molar-refractivity contribution in [3.8, 4) is 0 Å². The van der Waals surface area contributed by atoms with E-state index in [-0.39, 0.29) is 0 Å². The average Bonchev–Trinajstić information content (AvgIpc) is 3.30. The molecule has 3 nitrogen and oxygen atoms in total. The Morgan fingerprint density at radius 3 is 2.65 bits per heavy atom. The Hall–Kier alpha value is -1.09. The van der Waals surface area contributed by atoms with Crippen molar-refractivity contribution in [3.63, 3.8) is 0 Å². The van der Waals surface area contributed by atoms with Crippen LogP contribution < -0.4 is 10.2 Å². The van der Waals surface area contributed by atoms with Gasteiger partial charge >= 0.3 is 0 Å². The summed E-state index contributed by atoms with van der Waals surface area (Å²) in [6.07, 6.45) is 9.99. The van der Waals surface area contributed by atoms with Gasteiger partial charge in [-0.3, -0.25) is 0 Å². The summed E-state index contributed by atoms with van der Waals surface area (Å²) in [5.74, 6) is 2.04. The van der Waals surface area contributed by atoms with Crippen molar-refractivity contribution < 1.29 is 0 Å². The van der Waals surface area contributed by atoms with E-state index >= 15 is 0 Å². The number of hydrogen-bond donors (Lipinski definition) is 1. The second kappa shape index (κ2) is 6.13. The molecule has 2 saturated carbocycles. The average molecular weight is 273 g/mol. The van der Waals surface area contributed by atoms with Gasteiger partial charge < -0.3 is 10.2 Å². The zero-order valence-electron chi connectivity index (χ0n) is 12.8. The highest BCUT2D eigenvalue weighted by atomic mass is 15.2. The highest BCUT2D eigenvalue weighted by molar-refractivity contribution is 5.41. The second-order valence-corrected chi connectivity index (χ2v) is 6.70. The number of nitrogens with zero attached hydrogens (tertiary/aromatic N) is 2. The molecule has 1 aromatic rings. The van der Waals surface area contributed by atoms with E-state index in [1.165, 1.54) is 44.1 Å². The molecule has 2 fully saturated rings. The Morgan fingerprint density at radius 1 is 1.20 bits per heavy atom. The van der Waals surface area contributed by atoms with Crippen LogP contribution in [0, 0.1) is 5.92 Å². The number of hydrogen-bond acceptors (Lipinski definition) is 3. The molecule has 2 aliphatic rings. The van der Waals surface area contributed by atoms with Crippen LogP contribution >= 0.6 is 0 Å². The molecular weight excluding hydrogens is 246 g/mol. The molecule has 1 N–H and O–H groups in total. The molecule has 0 bridgehead atoms. The lowest BCUT2D eigenvalue weighted by molar-refractivity contribution is 0.340. The van der Waals surface area contributed by atoms with Crippen molar-refractivity contribution in [3.05, 3.63) is 23.9 Å². The normalized spacial score (nSPS) is 26.5. The van der Waals surface area contributed by atoms with Gasteiger partial charge in [-0.15, -0.1) is 0 Å². The molecule has 2 aliphatic carbocycles. The molecule has 20 heavy (non-hydrogen) atoms. The van der Waals surface area contributed by atoms with Crippen LogP contribution in [0.15, 0.2) is 18.3 Å². The van der Waals surface area contributed by atoms with Crippen LogP contribution in [0.2, 0.25) is 0 Å². The van der Waals surface area contributed by atoms with Gasteiger partial charge in [0.25, 0.3) is 0 Å². The lowest BCUT2D eigenvalue weighted by Gasteiger charge is -2.34. The summed E-state index contributed by atoms with van der Waals surface area (Å²) in [6.45, 7) is 3.36. The van der Waals surface area contributed by atoms with Crippen molar-refractivity contribution in [2.75, 3.05) is 11.9 Å². The summed E-state index contributed by atoms with van der Waals surface area (Å²) in [5, 5.41) is 3.58. The lowest BCUT2D eigenvalue weighted by Crippen LogP contribution is -2.35. The zero-order chi connectivity index (χ0) is 13.9. The summed E-state index contributed by atoms with van der Waals surface area (Å²) >= 11 is 0. The molecule has 0 saturated heterocycles. The largest absolute Gasteiger partial charge is 0.357 e. The van der Waals surface area contributed by atoms with E-state index < -0.39 is 0 Å². The highest BCUT2D eigenvalue weighted by Gasteiger charge is 2.23. The maximum atomic E-state index is 4.57. The van der Waals surface area contributed by atoms with Gasteiger partial charge in [0.2, 0.25) is 0 Å². The van der Waals surface area contributed by atoms with E-state index in [9.17, 15) is 0 Å². The number of rotatable bonds is 5. The molecule has 1 aromatic heterocycles. The summed E-state index contributed by atoms with van der Waals surface area (Å²) in [5.41, 5.74) is 1.36. The van der Waals surface area contributed by atoms with E-state index in [2.05, 4.69) is 41.3 Å². The topological polar surface area (TPSA) is 28.2 Å². The van der Waals surface area contributed by atoms with Crippen LogP contribution in [0.5, 0.6) is 0 Å². The zero-order valence-corrected chi connectivity index (χ0v) is 12.8. The minimum Gasteiger partial charge on any atom is -0.357 e. The van der Waals surface area contributed by atoms with Gasteiger partial charge in [0.05, 0.1) is 0 Å². The van der Waals surface area contributed by atoms with Crippen LogP contribution in [-0.4, -0.2) is 24.1 Å². The van der Waals surface area contributed by atoms with E-state index in [0.29, 0.717) is 6.04 Å². The van der Waals surface area contributed by atoms with Crippen molar-refractivity contribution in [1.82, 2.24) is 10.3 Å². The van der Waals surface area contributed by atoms with Crippen molar-refractivity contribution in [1.29, 1.82) is 0 Å². The van der Waals surface area contributed by atoms with Gasteiger partial charge in [0.15, 0.2) is 0 Å². The standard InChI is InChI=1S/C17H27N3/c1-13-3-7-16(8-4-13)20(2)17-11-14(9-10-18-17)12-19-15-5-6-15/h9-11,13,15-16,19H,3-8,12H2,1-2H3. The monoisotopic (exact) mass is 273 g/mol. The van der Waals surface area contributed by atoms with Crippen molar-refractivity contribution in [2.24, 2.45) is 5.92 Å². The van der Waals surface area contributed by atoms with Crippen LogP contribution in [0.25, 0.3) is 0 Å². The fraction of sp³-hybridized carbons (Fsp3) is 0.706. The number of pyridine rings is 1. The SMILES string of the molecule is CC1CCC(N(C)c2cc(CNC3CC3)ccn2)CC1. The third kappa shape index (κ3) is 3.51. The Labute approximate surface area is 122 Å². The first-order valence-electron chi connectivity index (χ1n) is 8.13. The molecule has 0 aliphatic heterocycles. The number of aromatic nitrogens is 1. The first-order chi connectivity index (χ1) is 9.72. The molecule has 3 heteroatoms. The molecule has 110 valence electrons. The first-order valence-corrected chi connectivity index (χ1v) is 8.13. The predicted molar refractivity (Wildman–Crippen MR) is 83.9 cm³/mol. The summed E-state index contributed by atoms with van der Waals surface area (Å²) in [7, 11) is 2.21. The number of anilines is 1. The van der Waals surface area contributed by atoms with Gasteiger partial charge in [0, 0.05) is 31.9 Å². The minimum atomic E-state index is 0.672. The van der Waals surface area contributed by atoms with E-state index in [0.717, 1.165) is 24.3 Å². The quantitative estimate of drug-likeness (QED) is 0.891. The fourth-order valence-electron chi connectivity index (χ4n) is 3.13. The Bertz CT molecular complexity index is 434. The first kappa shape index (κ1) is 13.9. The molecular formula is C17H27N3. The van der Waals surface area contributed by atoms with Gasteiger partial charge in [-0.25, -0.2) is 4.98 Å². The summed E-state index contributed by atoms with van der Waals surface area (Å²) < 4.78 is 0. The molecule has 0 spiro atoms. The van der Waals surface area contributed by atoms with Crippen LogP contribution in [-0.2, 0) is 6.54 Å². The van der Waals surface area contributed by atoms with Crippen LogP contribution in [0.4, 0.5) is 5.82 Å². The smallest absolute Gasteiger partial charge is 0.128 e. The third-order valence-electron chi connectivity index (χ3n) is 4.88. The second-order valence-electron chi connectivity index (χ2n) is 6.70. The molecule has 0 aromatic carbocycles. The summed E-state index contributed by atoms with van der Waals surface area (Å²) in [6, 6.07) is 5.83. The van der Waals surface area contributed by atoms with E-state index in [4.69, 9.17) is 0 Å². The van der Waals surface area contributed by atoms with E-state index in [1.807, 2.05) is 6.20 Å². The molecule has 0 unspecified atom stereocenters. The van der Waals surface area contributed by atoms with Crippen LogP contribution in [0.1, 0.15) is 51.0 Å². The maximum Gasteiger partial charge on any atom is 0.128 e. The van der Waals surface area contributed by atoms with Gasteiger partial charge in [-0.05, 0) is 62.1 Å². The van der Waals surface area contributed by atoms with E-state index in [1.54, 1.807) is 0 Å². The highest BCUT2D eigenvalue weighted by Crippen LogP contribution is 2.28. The summed E-state index contributed by atoms with van der Waals surface area (Å²) in [4.78, 5) is 6.97. The molecule has 0 atom stereocenters. The van der Waals surface area contributed by atoms with Crippen molar-refractivity contribution >= 4 is 5.82 Å². The van der Waals surface area contributed by atoms with Gasteiger partial charge in [0.1, 0.15) is 5.82 Å². The molecule has 0 amide bonds. The predicted octanol–water partition coefficient (Wildman–Crippen LogP) is 3.35.